The van der Waals surface area contributed by atoms with Crippen LogP contribution in [0.25, 0.3) is 11.1 Å². The van der Waals surface area contributed by atoms with Gasteiger partial charge in [-0.2, -0.15) is 0 Å². The van der Waals surface area contributed by atoms with Gasteiger partial charge in [-0.05, 0) is 28.8 Å². The molecule has 8 heteroatoms. The largest absolute Gasteiger partial charge is 0.467 e. The van der Waals surface area contributed by atoms with Gasteiger partial charge in [0.15, 0.2) is 0 Å². The van der Waals surface area contributed by atoms with Gasteiger partial charge in [0.1, 0.15) is 0 Å². The molecule has 4 N–H and O–H groups in total. The number of morpholine rings is 1. The van der Waals surface area contributed by atoms with Crippen LogP contribution in [0.1, 0.15) is 16.7 Å². The molecule has 0 atom stereocenters. The molecule has 8 nitrogen and oxygen atoms in total. The highest BCUT2D eigenvalue weighted by Crippen LogP contribution is 2.24. The van der Waals surface area contributed by atoms with Crippen LogP contribution in [0.3, 0.4) is 0 Å². The van der Waals surface area contributed by atoms with Crippen molar-refractivity contribution in [3.63, 3.8) is 0 Å². The van der Waals surface area contributed by atoms with E-state index in [4.69, 9.17) is 26.0 Å². The maximum atomic E-state index is 8.63. The Kier molecular flexibility index (Phi) is 7.07. The molecule has 2 heterocycles. The zero-order chi connectivity index (χ0) is 23.2. The van der Waals surface area contributed by atoms with Crippen molar-refractivity contribution < 1.29 is 9.47 Å². The average molecular weight is 445 g/mol. The topological polar surface area (TPSA) is 121 Å². The van der Waals surface area contributed by atoms with E-state index in [9.17, 15) is 0 Å². The lowest BCUT2D eigenvalue weighted by atomic mass is 9.95. The van der Waals surface area contributed by atoms with Crippen LogP contribution >= 0.6 is 0 Å². The predicted molar refractivity (Wildman–Crippen MR) is 129 cm³/mol. The number of nitrogens with zero attached hydrogens (tertiary/aromatic N) is 3. The second-order valence-electron chi connectivity index (χ2n) is 8.00. The third kappa shape index (κ3) is 5.60. The monoisotopic (exact) mass is 444 g/mol. The van der Waals surface area contributed by atoms with Crippen LogP contribution < -0.4 is 10.5 Å². The van der Waals surface area contributed by atoms with E-state index in [0.717, 1.165) is 49.5 Å². The lowest BCUT2D eigenvalue weighted by Crippen LogP contribution is -2.35. The highest BCUT2D eigenvalue weighted by Gasteiger charge is 2.15. The van der Waals surface area contributed by atoms with E-state index in [2.05, 4.69) is 27.0 Å². The minimum atomic E-state index is 0.113. The van der Waals surface area contributed by atoms with Crippen molar-refractivity contribution in [3.8, 4) is 17.1 Å². The van der Waals surface area contributed by atoms with Crippen molar-refractivity contribution in [1.82, 2.24) is 14.9 Å². The number of nitrogens with two attached hydrogens (primary N) is 1. The summed E-state index contributed by atoms with van der Waals surface area (Å²) in [6, 6.07) is 13.9. The Labute approximate surface area is 193 Å². The Hall–Kier alpha value is -3.62. The van der Waals surface area contributed by atoms with Gasteiger partial charge in [0.05, 0.1) is 31.7 Å². The van der Waals surface area contributed by atoms with Crippen molar-refractivity contribution in [2.75, 3.05) is 39.1 Å². The summed E-state index contributed by atoms with van der Waals surface area (Å²) in [5.41, 5.74) is 11.3. The molecule has 1 aromatic heterocycles. The van der Waals surface area contributed by atoms with Crippen LogP contribution in [0.5, 0.6) is 6.01 Å². The number of methoxy groups -OCH3 is 1. The molecule has 3 aromatic rings. The van der Waals surface area contributed by atoms with Crippen LogP contribution in [0.2, 0.25) is 0 Å². The van der Waals surface area contributed by atoms with Crippen molar-refractivity contribution in [2.24, 2.45) is 0 Å². The predicted octanol–water partition coefficient (Wildman–Crippen LogP) is 3.20. The summed E-state index contributed by atoms with van der Waals surface area (Å²) in [5, 5.41) is 17.2. The zero-order valence-electron chi connectivity index (χ0n) is 18.7. The summed E-state index contributed by atoms with van der Waals surface area (Å²) in [5.74, 6) is 0. The highest BCUT2D eigenvalue weighted by molar-refractivity contribution is 6.47. The number of rotatable bonds is 8. The smallest absolute Gasteiger partial charge is 0.316 e. The Bertz CT molecular complexity index is 1140. The number of benzene rings is 2. The fraction of sp³-hybridized carbons (Fsp3) is 0.280. The number of nitrogen functional groups attached to an aromatic ring is 1. The molecule has 0 amide bonds. The fourth-order valence-corrected chi connectivity index (χ4v) is 3.83. The number of ether oxygens (including phenoxy) is 2. The van der Waals surface area contributed by atoms with Crippen molar-refractivity contribution in [3.05, 3.63) is 71.5 Å². The van der Waals surface area contributed by atoms with E-state index in [0.29, 0.717) is 23.7 Å². The maximum absolute atomic E-state index is 8.63. The summed E-state index contributed by atoms with van der Waals surface area (Å²) in [4.78, 5) is 10.6. The van der Waals surface area contributed by atoms with Gasteiger partial charge in [0, 0.05) is 55.3 Å². The molecule has 1 aliphatic heterocycles. The Morgan fingerprint density at radius 1 is 1.03 bits per heavy atom. The van der Waals surface area contributed by atoms with E-state index in [-0.39, 0.29) is 11.4 Å². The van der Waals surface area contributed by atoms with E-state index >= 15 is 0 Å². The lowest BCUT2D eigenvalue weighted by Gasteiger charge is -2.26. The summed E-state index contributed by atoms with van der Waals surface area (Å²) < 4.78 is 10.4. The number of anilines is 1. The van der Waals surface area contributed by atoms with Gasteiger partial charge in [0.25, 0.3) is 0 Å². The van der Waals surface area contributed by atoms with Crippen LogP contribution in [0.15, 0.2) is 54.9 Å². The third-order valence-electron chi connectivity index (χ3n) is 5.65. The SMILES string of the molecule is COc1ncc(-c2ccc(N)c(C(=N)C(=N)Cc3cccc(CN4CCOCC4)c3)c2)cn1. The fourth-order valence-electron chi connectivity index (χ4n) is 3.83. The molecule has 1 saturated heterocycles. The van der Waals surface area contributed by atoms with Gasteiger partial charge in [0.2, 0.25) is 0 Å². The molecule has 170 valence electrons. The van der Waals surface area contributed by atoms with Crippen LogP contribution in [-0.4, -0.2) is 59.7 Å². The third-order valence-corrected chi connectivity index (χ3v) is 5.65. The maximum Gasteiger partial charge on any atom is 0.316 e. The molecular formula is C25H28N6O2. The van der Waals surface area contributed by atoms with E-state index in [1.165, 1.54) is 12.7 Å². The lowest BCUT2D eigenvalue weighted by molar-refractivity contribution is 0.0342. The van der Waals surface area contributed by atoms with Crippen LogP contribution in [0, 0.1) is 10.8 Å². The summed E-state index contributed by atoms with van der Waals surface area (Å²) >= 11 is 0. The first-order chi connectivity index (χ1) is 16.0. The average Bonchev–Trinajstić information content (AvgIpc) is 2.85. The summed E-state index contributed by atoms with van der Waals surface area (Å²) in [7, 11) is 1.52. The minimum absolute atomic E-state index is 0.113. The molecule has 2 aromatic carbocycles. The molecule has 0 radical (unpaired) electrons. The molecule has 33 heavy (non-hydrogen) atoms. The molecule has 1 aliphatic rings. The van der Waals surface area contributed by atoms with Crippen molar-refractivity contribution in [2.45, 2.75) is 13.0 Å². The molecule has 4 rings (SSSR count). The number of nitrogens with one attached hydrogen (secondary N) is 2. The van der Waals surface area contributed by atoms with Gasteiger partial charge in [-0.15, -0.1) is 0 Å². The number of hydrogen-bond donors (Lipinski definition) is 3. The second kappa shape index (κ2) is 10.3. The number of aromatic nitrogens is 2. The van der Waals surface area contributed by atoms with E-state index < -0.39 is 0 Å². The van der Waals surface area contributed by atoms with Gasteiger partial charge in [-0.1, -0.05) is 30.3 Å². The molecule has 0 spiro atoms. The first kappa shape index (κ1) is 22.6. The van der Waals surface area contributed by atoms with Crippen molar-refractivity contribution >= 4 is 17.1 Å². The first-order valence-electron chi connectivity index (χ1n) is 10.8. The molecular weight excluding hydrogens is 416 g/mol. The molecule has 0 unspecified atom stereocenters. The summed E-state index contributed by atoms with van der Waals surface area (Å²) in [6.45, 7) is 4.26. The second-order valence-corrected chi connectivity index (χ2v) is 8.00. The van der Waals surface area contributed by atoms with Crippen LogP contribution in [0.4, 0.5) is 5.69 Å². The van der Waals surface area contributed by atoms with Gasteiger partial charge in [-0.3, -0.25) is 10.3 Å². The molecule has 0 bridgehead atoms. The molecule has 1 fully saturated rings. The van der Waals surface area contributed by atoms with Crippen molar-refractivity contribution in [1.29, 1.82) is 10.8 Å². The number of hydrogen-bond acceptors (Lipinski definition) is 8. The first-order valence-corrected chi connectivity index (χ1v) is 10.8. The zero-order valence-corrected chi connectivity index (χ0v) is 18.7. The van der Waals surface area contributed by atoms with Gasteiger partial charge >= 0.3 is 6.01 Å². The standard InChI is InChI=1S/C25H28N6O2/c1-32-25-29-14-20(15-30-25)19-5-6-22(26)21(13-19)24(28)23(27)12-17-3-2-4-18(11-17)16-31-7-9-33-10-8-31/h2-6,11,13-15,27-28H,7-10,12,16,26H2,1H3. The molecule has 0 saturated carbocycles. The van der Waals surface area contributed by atoms with Gasteiger partial charge < -0.3 is 20.6 Å². The Morgan fingerprint density at radius 3 is 2.48 bits per heavy atom. The highest BCUT2D eigenvalue weighted by atomic mass is 16.5. The van der Waals surface area contributed by atoms with E-state index in [1.54, 1.807) is 18.5 Å². The molecule has 0 aliphatic carbocycles. The van der Waals surface area contributed by atoms with Gasteiger partial charge in [-0.25, -0.2) is 9.97 Å². The van der Waals surface area contributed by atoms with Crippen LogP contribution in [-0.2, 0) is 17.7 Å². The Balaban J connectivity index is 1.47. The van der Waals surface area contributed by atoms with E-state index in [1.807, 2.05) is 24.3 Å². The quantitative estimate of drug-likeness (QED) is 0.362. The summed E-state index contributed by atoms with van der Waals surface area (Å²) in [6.07, 6.45) is 3.69. The normalized spacial score (nSPS) is 14.1. The Morgan fingerprint density at radius 2 is 1.76 bits per heavy atom. The minimum Gasteiger partial charge on any atom is -0.467 e.